The normalized spacial score (nSPS) is 11.4. The molecule has 15 nitrogen and oxygen atoms in total. The molecular formula is C33H60N4O11. The van der Waals surface area contributed by atoms with Crippen LogP contribution < -0.4 is 21.3 Å². The number of rotatable bonds is 34. The van der Waals surface area contributed by atoms with Gasteiger partial charge in [-0.25, -0.2) is 4.79 Å². The van der Waals surface area contributed by atoms with E-state index >= 15 is 0 Å². The van der Waals surface area contributed by atoms with Crippen LogP contribution in [0.3, 0.4) is 0 Å². The Morgan fingerprint density at radius 1 is 0.521 bits per heavy atom. The maximum atomic E-state index is 12.2. The van der Waals surface area contributed by atoms with Crippen molar-refractivity contribution in [1.29, 1.82) is 0 Å². The lowest BCUT2D eigenvalue weighted by Gasteiger charge is -2.14. The highest BCUT2D eigenvalue weighted by molar-refractivity contribution is 5.84. The predicted molar refractivity (Wildman–Crippen MR) is 178 cm³/mol. The predicted octanol–water partition coefficient (Wildman–Crippen LogP) is 2.30. The molecule has 0 aromatic heterocycles. The van der Waals surface area contributed by atoms with E-state index < -0.39 is 18.0 Å². The summed E-state index contributed by atoms with van der Waals surface area (Å²) in [6.45, 7) is 3.91. The molecule has 0 spiro atoms. The minimum Gasteiger partial charge on any atom is -0.481 e. The Kier molecular flexibility index (Phi) is 30.0. The number of hydrogen-bond acceptors (Lipinski definition) is 9. The van der Waals surface area contributed by atoms with Crippen molar-refractivity contribution in [2.24, 2.45) is 0 Å². The lowest BCUT2D eigenvalue weighted by atomic mass is 10.0. The van der Waals surface area contributed by atoms with Gasteiger partial charge < -0.3 is 45.7 Å². The summed E-state index contributed by atoms with van der Waals surface area (Å²) >= 11 is 0. The quantitative estimate of drug-likeness (QED) is 0.0539. The number of amides is 4. The van der Waals surface area contributed by atoms with E-state index in [1.165, 1.54) is 0 Å². The third-order valence-electron chi connectivity index (χ3n) is 7.22. The van der Waals surface area contributed by atoms with Gasteiger partial charge in [0, 0.05) is 45.3 Å². The minimum atomic E-state index is -1.18. The van der Waals surface area contributed by atoms with Crippen molar-refractivity contribution in [2.45, 2.75) is 116 Å². The number of nitrogens with one attached hydrogen (secondary N) is 4. The molecule has 278 valence electrons. The largest absolute Gasteiger partial charge is 0.481 e. The third kappa shape index (κ3) is 31.3. The van der Waals surface area contributed by atoms with E-state index in [2.05, 4.69) is 21.3 Å². The molecule has 0 aliphatic rings. The van der Waals surface area contributed by atoms with Crippen LogP contribution in [0.2, 0.25) is 0 Å². The van der Waals surface area contributed by atoms with Gasteiger partial charge in [0.1, 0.15) is 12.6 Å². The van der Waals surface area contributed by atoms with Crippen LogP contribution in [0.1, 0.15) is 110 Å². The van der Waals surface area contributed by atoms with Crippen LogP contribution in [0.5, 0.6) is 0 Å². The third-order valence-corrected chi connectivity index (χ3v) is 7.22. The van der Waals surface area contributed by atoms with E-state index in [0.717, 1.165) is 64.2 Å². The molecule has 48 heavy (non-hydrogen) atoms. The molecular weight excluding hydrogens is 628 g/mol. The molecule has 0 aromatic carbocycles. The van der Waals surface area contributed by atoms with Crippen LogP contribution in [0.15, 0.2) is 0 Å². The first-order chi connectivity index (χ1) is 23.1. The molecule has 0 aliphatic heterocycles. The maximum Gasteiger partial charge on any atom is 0.326 e. The van der Waals surface area contributed by atoms with E-state index in [-0.39, 0.29) is 82.3 Å². The van der Waals surface area contributed by atoms with E-state index in [1.807, 2.05) is 0 Å². The Balaban J connectivity index is 3.70. The number of ether oxygens (including phenoxy) is 3. The zero-order valence-electron chi connectivity index (χ0n) is 28.8. The monoisotopic (exact) mass is 688 g/mol. The van der Waals surface area contributed by atoms with Crippen LogP contribution in [0, 0.1) is 0 Å². The van der Waals surface area contributed by atoms with Crippen molar-refractivity contribution in [3.8, 4) is 0 Å². The van der Waals surface area contributed by atoms with E-state index in [1.54, 1.807) is 6.92 Å². The van der Waals surface area contributed by atoms with Crippen molar-refractivity contribution in [2.75, 3.05) is 59.3 Å². The van der Waals surface area contributed by atoms with Gasteiger partial charge in [-0.2, -0.15) is 0 Å². The summed E-state index contributed by atoms with van der Waals surface area (Å²) in [5.74, 6) is -2.93. The minimum absolute atomic E-state index is 0.0213. The lowest BCUT2D eigenvalue weighted by molar-refractivity contribution is -0.142. The van der Waals surface area contributed by atoms with Crippen molar-refractivity contribution in [3.05, 3.63) is 0 Å². The second kappa shape index (κ2) is 32.3. The van der Waals surface area contributed by atoms with Crippen LogP contribution >= 0.6 is 0 Å². The molecule has 1 unspecified atom stereocenters. The Morgan fingerprint density at radius 3 is 1.50 bits per heavy atom. The summed E-state index contributed by atoms with van der Waals surface area (Å²) in [6.07, 6.45) is 11.9. The number of carbonyl (C=O) groups is 6. The number of hydrogen-bond donors (Lipinski definition) is 6. The van der Waals surface area contributed by atoms with Crippen LogP contribution in [0.4, 0.5) is 0 Å². The number of unbranched alkanes of at least 4 members (excludes halogenated alkanes) is 10. The van der Waals surface area contributed by atoms with Gasteiger partial charge in [0.25, 0.3) is 0 Å². The molecule has 0 rings (SSSR count). The molecule has 0 heterocycles. The van der Waals surface area contributed by atoms with Crippen molar-refractivity contribution >= 4 is 35.6 Å². The molecule has 0 saturated heterocycles. The van der Waals surface area contributed by atoms with Gasteiger partial charge >= 0.3 is 11.9 Å². The number of carboxylic acids is 2. The molecule has 0 fully saturated rings. The number of carbonyl (C=O) groups excluding carboxylic acids is 4. The SMILES string of the molecule is CCC(=O)NCCOCCNC(=O)COCCOCCNC(=O)CCC(NC(=O)CCCCCCCCCCCCCC(=O)O)C(=O)O. The molecule has 0 radical (unpaired) electrons. The highest BCUT2D eigenvalue weighted by Gasteiger charge is 2.20. The number of carboxylic acid groups (broad SMARTS) is 2. The molecule has 0 saturated carbocycles. The Hall–Kier alpha value is -3.30. The zero-order chi connectivity index (χ0) is 35.7. The second-order valence-corrected chi connectivity index (χ2v) is 11.5. The molecule has 15 heteroatoms. The first-order valence-electron chi connectivity index (χ1n) is 17.4. The number of aliphatic carboxylic acids is 2. The second-order valence-electron chi connectivity index (χ2n) is 11.5. The fraction of sp³-hybridized carbons (Fsp3) is 0.818. The van der Waals surface area contributed by atoms with Gasteiger partial charge in [-0.05, 0) is 19.3 Å². The summed E-state index contributed by atoms with van der Waals surface area (Å²) in [5.41, 5.74) is 0. The average Bonchev–Trinajstić information content (AvgIpc) is 3.05. The summed E-state index contributed by atoms with van der Waals surface area (Å²) in [7, 11) is 0. The van der Waals surface area contributed by atoms with Crippen molar-refractivity contribution in [3.63, 3.8) is 0 Å². The van der Waals surface area contributed by atoms with Gasteiger partial charge in [0.2, 0.25) is 23.6 Å². The molecule has 0 aromatic rings. The standard InChI is InChI=1S/C33H60N4O11/c1-2-28(38)34-18-21-46-22-20-36-31(41)26-48-25-24-47-23-19-35-29(39)17-16-27(33(44)45)37-30(40)14-12-10-8-6-4-3-5-7-9-11-13-15-32(42)43/h27H,2-26H2,1H3,(H,34,38)(H,35,39)(H,36,41)(H,37,40)(H,42,43)(H,44,45). The average molecular weight is 689 g/mol. The van der Waals surface area contributed by atoms with Crippen LogP contribution in [0.25, 0.3) is 0 Å². The Bertz CT molecular complexity index is 905. The van der Waals surface area contributed by atoms with Crippen molar-refractivity contribution < 1.29 is 53.2 Å². The summed E-state index contributed by atoms with van der Waals surface area (Å²) in [5, 5.41) is 28.6. The van der Waals surface area contributed by atoms with Gasteiger partial charge in [0.05, 0.1) is 33.0 Å². The Morgan fingerprint density at radius 2 is 0.979 bits per heavy atom. The van der Waals surface area contributed by atoms with Crippen LogP contribution in [-0.4, -0.2) is 111 Å². The first kappa shape index (κ1) is 44.7. The van der Waals surface area contributed by atoms with Crippen molar-refractivity contribution in [1.82, 2.24) is 21.3 Å². The molecule has 1 atom stereocenters. The molecule has 0 bridgehead atoms. The smallest absolute Gasteiger partial charge is 0.326 e. The fourth-order valence-electron chi connectivity index (χ4n) is 4.49. The fourth-order valence-corrected chi connectivity index (χ4v) is 4.49. The lowest BCUT2D eigenvalue weighted by Crippen LogP contribution is -2.41. The van der Waals surface area contributed by atoms with E-state index in [4.69, 9.17) is 19.3 Å². The highest BCUT2D eigenvalue weighted by atomic mass is 16.5. The van der Waals surface area contributed by atoms with Gasteiger partial charge in [-0.15, -0.1) is 0 Å². The molecule has 4 amide bonds. The van der Waals surface area contributed by atoms with Gasteiger partial charge in [0.15, 0.2) is 0 Å². The van der Waals surface area contributed by atoms with Gasteiger partial charge in [-0.3, -0.25) is 24.0 Å². The van der Waals surface area contributed by atoms with Crippen LogP contribution in [-0.2, 0) is 43.0 Å². The Labute approximate surface area is 285 Å². The summed E-state index contributed by atoms with van der Waals surface area (Å²) in [6, 6.07) is -1.13. The zero-order valence-corrected chi connectivity index (χ0v) is 28.8. The summed E-state index contributed by atoms with van der Waals surface area (Å²) < 4.78 is 15.9. The summed E-state index contributed by atoms with van der Waals surface area (Å²) in [4.78, 5) is 69.2. The highest BCUT2D eigenvalue weighted by Crippen LogP contribution is 2.12. The molecule has 6 N–H and O–H groups in total. The van der Waals surface area contributed by atoms with E-state index in [9.17, 15) is 33.9 Å². The van der Waals surface area contributed by atoms with Gasteiger partial charge in [-0.1, -0.05) is 64.7 Å². The first-order valence-corrected chi connectivity index (χ1v) is 17.4. The van der Waals surface area contributed by atoms with E-state index in [0.29, 0.717) is 39.1 Å². The maximum absolute atomic E-state index is 12.2. The topological polar surface area (TPSA) is 219 Å². The molecule has 0 aliphatic carbocycles.